The topological polar surface area (TPSA) is 47.6 Å². The van der Waals surface area contributed by atoms with E-state index in [-0.39, 0.29) is 30.7 Å². The molecule has 1 saturated heterocycles. The van der Waals surface area contributed by atoms with E-state index in [1.807, 2.05) is 0 Å². The van der Waals surface area contributed by atoms with Crippen molar-refractivity contribution in [1.82, 2.24) is 15.5 Å². The number of aryl methyl sites for hydroxylation is 1. The molecule has 0 bridgehead atoms. The lowest BCUT2D eigenvalue weighted by Gasteiger charge is -2.36. The van der Waals surface area contributed by atoms with E-state index >= 15 is 0 Å². The highest BCUT2D eigenvalue weighted by atomic mass is 35.5. The predicted molar refractivity (Wildman–Crippen MR) is 118 cm³/mol. The maximum absolute atomic E-state index is 12.1. The summed E-state index contributed by atoms with van der Waals surface area (Å²) in [5.74, 6) is 0.167. The largest absolute Gasteiger partial charge is 0.369 e. The number of piperazine rings is 1. The second kappa shape index (κ2) is 12.2. The van der Waals surface area contributed by atoms with Crippen LogP contribution in [-0.4, -0.2) is 63.2 Å². The van der Waals surface area contributed by atoms with E-state index in [1.165, 1.54) is 16.8 Å². The number of anilines is 1. The molecule has 5 nitrogen and oxygen atoms in total. The van der Waals surface area contributed by atoms with E-state index in [1.54, 1.807) is 0 Å². The lowest BCUT2D eigenvalue weighted by atomic mass is 10.1. The Morgan fingerprint density at radius 3 is 2.63 bits per heavy atom. The molecule has 0 radical (unpaired) electrons. The molecule has 1 amide bonds. The number of halogens is 2. The van der Waals surface area contributed by atoms with E-state index < -0.39 is 0 Å². The van der Waals surface area contributed by atoms with Gasteiger partial charge in [-0.05, 0) is 37.6 Å². The highest BCUT2D eigenvalue weighted by Gasteiger charge is 2.18. The highest BCUT2D eigenvalue weighted by Crippen LogP contribution is 2.17. The van der Waals surface area contributed by atoms with Crippen LogP contribution in [-0.2, 0) is 4.79 Å². The molecule has 1 aromatic rings. The average molecular weight is 415 g/mol. The first kappa shape index (κ1) is 23.8. The molecule has 1 fully saturated rings. The number of rotatable bonds is 6. The van der Waals surface area contributed by atoms with Crippen LogP contribution in [0.1, 0.15) is 18.4 Å². The molecular weight excluding hydrogens is 383 g/mol. The van der Waals surface area contributed by atoms with Gasteiger partial charge < -0.3 is 15.5 Å². The summed E-state index contributed by atoms with van der Waals surface area (Å²) in [5.41, 5.74) is 3.96. The number of nitrogens with one attached hydrogen (secondary N) is 2. The van der Waals surface area contributed by atoms with Gasteiger partial charge in [0.25, 0.3) is 0 Å². The number of carbonyl (C=O) groups excluding carboxylic acids is 1. The zero-order chi connectivity index (χ0) is 17.5. The molecule has 7 heteroatoms. The molecule has 1 aromatic carbocycles. The summed E-state index contributed by atoms with van der Waals surface area (Å²) in [5, 5.41) is 6.35. The van der Waals surface area contributed by atoms with Crippen molar-refractivity contribution in [1.29, 1.82) is 0 Å². The van der Waals surface area contributed by atoms with Gasteiger partial charge in [0.15, 0.2) is 0 Å². The zero-order valence-corrected chi connectivity index (χ0v) is 17.7. The van der Waals surface area contributed by atoms with Gasteiger partial charge in [-0.25, -0.2) is 0 Å². The van der Waals surface area contributed by atoms with Gasteiger partial charge in [0.1, 0.15) is 0 Å². The minimum Gasteiger partial charge on any atom is -0.369 e. The number of hydrogen-bond acceptors (Lipinski definition) is 4. The molecule has 2 N–H and O–H groups in total. The van der Waals surface area contributed by atoms with Gasteiger partial charge in [-0.15, -0.1) is 24.8 Å². The van der Waals surface area contributed by atoms with Crippen LogP contribution >= 0.6 is 24.8 Å². The lowest BCUT2D eigenvalue weighted by molar-refractivity contribution is -0.121. The van der Waals surface area contributed by atoms with Crippen molar-refractivity contribution in [3.63, 3.8) is 0 Å². The third-order valence-electron chi connectivity index (χ3n) is 5.06. The zero-order valence-electron chi connectivity index (χ0n) is 16.1. The molecule has 2 heterocycles. The standard InChI is InChI=1S/C20H30N4O.2ClH/c1-17-3-2-4-19(15-17)24-13-11-23(12-14-24)10-7-20(25)22-16-18-5-8-21-9-6-18;;/h2-5,15,21H,6-14,16H2,1H3,(H,22,25);2*1H. The van der Waals surface area contributed by atoms with Crippen LogP contribution in [0.2, 0.25) is 0 Å². The van der Waals surface area contributed by atoms with E-state index in [9.17, 15) is 4.79 Å². The summed E-state index contributed by atoms with van der Waals surface area (Å²) in [4.78, 5) is 16.9. The Kier molecular flexibility index (Phi) is 10.8. The second-order valence-electron chi connectivity index (χ2n) is 7.01. The minimum absolute atomic E-state index is 0. The third-order valence-corrected chi connectivity index (χ3v) is 5.06. The summed E-state index contributed by atoms with van der Waals surface area (Å²) >= 11 is 0. The van der Waals surface area contributed by atoms with Crippen molar-refractivity contribution < 1.29 is 4.79 Å². The van der Waals surface area contributed by atoms with Crippen LogP contribution in [0.3, 0.4) is 0 Å². The predicted octanol–water partition coefficient (Wildman–Crippen LogP) is 2.39. The fourth-order valence-corrected chi connectivity index (χ4v) is 3.44. The monoisotopic (exact) mass is 414 g/mol. The molecule has 0 atom stereocenters. The molecular formula is C20H32Cl2N4O. The first-order chi connectivity index (χ1) is 12.2. The Hall–Kier alpha value is -1.27. The Morgan fingerprint density at radius 1 is 1.19 bits per heavy atom. The van der Waals surface area contributed by atoms with Crippen LogP contribution in [0.15, 0.2) is 35.9 Å². The highest BCUT2D eigenvalue weighted by molar-refractivity contribution is 5.85. The van der Waals surface area contributed by atoms with Crippen LogP contribution in [0.25, 0.3) is 0 Å². The molecule has 0 aromatic heterocycles. The number of benzene rings is 1. The SMILES string of the molecule is Cc1cccc(N2CCN(CCC(=O)NCC3=CCNCC3)CC2)c1.Cl.Cl. The summed E-state index contributed by atoms with van der Waals surface area (Å²) < 4.78 is 0. The summed E-state index contributed by atoms with van der Waals surface area (Å²) in [6.07, 6.45) is 3.82. The van der Waals surface area contributed by atoms with Gasteiger partial charge in [-0.1, -0.05) is 23.8 Å². The lowest BCUT2D eigenvalue weighted by Crippen LogP contribution is -2.47. The Balaban J connectivity index is 0.00000182. The van der Waals surface area contributed by atoms with Gasteiger partial charge in [-0.3, -0.25) is 9.69 Å². The Bertz CT molecular complexity index is 616. The van der Waals surface area contributed by atoms with E-state index in [2.05, 4.69) is 57.7 Å². The van der Waals surface area contributed by atoms with Crippen LogP contribution in [0.4, 0.5) is 5.69 Å². The van der Waals surface area contributed by atoms with Gasteiger partial charge in [0, 0.05) is 57.9 Å². The van der Waals surface area contributed by atoms with Crippen molar-refractivity contribution in [2.75, 3.05) is 57.3 Å². The smallest absolute Gasteiger partial charge is 0.221 e. The normalized spacial score (nSPS) is 17.4. The molecule has 2 aliphatic rings. The van der Waals surface area contributed by atoms with Gasteiger partial charge in [-0.2, -0.15) is 0 Å². The molecule has 152 valence electrons. The van der Waals surface area contributed by atoms with Gasteiger partial charge in [0.05, 0.1) is 0 Å². The molecule has 27 heavy (non-hydrogen) atoms. The first-order valence-corrected chi connectivity index (χ1v) is 9.40. The van der Waals surface area contributed by atoms with Crippen molar-refractivity contribution in [3.8, 4) is 0 Å². The quantitative estimate of drug-likeness (QED) is 0.701. The van der Waals surface area contributed by atoms with Gasteiger partial charge in [0.2, 0.25) is 5.91 Å². The average Bonchev–Trinajstić information content (AvgIpc) is 2.66. The first-order valence-electron chi connectivity index (χ1n) is 9.40. The summed E-state index contributed by atoms with van der Waals surface area (Å²) in [6, 6.07) is 8.70. The molecule has 0 unspecified atom stereocenters. The fraction of sp³-hybridized carbons (Fsp3) is 0.550. The second-order valence-corrected chi connectivity index (χ2v) is 7.01. The van der Waals surface area contributed by atoms with Crippen molar-refractivity contribution in [2.45, 2.75) is 19.8 Å². The van der Waals surface area contributed by atoms with Crippen molar-refractivity contribution in [3.05, 3.63) is 41.5 Å². The Labute approximate surface area is 175 Å². The van der Waals surface area contributed by atoms with E-state index in [4.69, 9.17) is 0 Å². The maximum atomic E-state index is 12.1. The van der Waals surface area contributed by atoms with Crippen LogP contribution in [0.5, 0.6) is 0 Å². The van der Waals surface area contributed by atoms with Crippen molar-refractivity contribution >= 4 is 36.4 Å². The maximum Gasteiger partial charge on any atom is 0.221 e. The summed E-state index contributed by atoms with van der Waals surface area (Å²) in [7, 11) is 0. The third kappa shape index (κ3) is 7.70. The van der Waals surface area contributed by atoms with E-state index in [0.717, 1.165) is 52.2 Å². The van der Waals surface area contributed by atoms with E-state index in [0.29, 0.717) is 13.0 Å². The molecule has 3 rings (SSSR count). The molecule has 0 spiro atoms. The van der Waals surface area contributed by atoms with Crippen LogP contribution in [0, 0.1) is 6.92 Å². The number of carbonyl (C=O) groups is 1. The Morgan fingerprint density at radius 2 is 1.96 bits per heavy atom. The number of nitrogens with zero attached hydrogens (tertiary/aromatic N) is 2. The fourth-order valence-electron chi connectivity index (χ4n) is 3.44. The van der Waals surface area contributed by atoms with Crippen LogP contribution < -0.4 is 15.5 Å². The van der Waals surface area contributed by atoms with Gasteiger partial charge >= 0.3 is 0 Å². The van der Waals surface area contributed by atoms with Crippen molar-refractivity contribution in [2.24, 2.45) is 0 Å². The molecule has 0 aliphatic carbocycles. The number of hydrogen-bond donors (Lipinski definition) is 2. The molecule has 2 aliphatic heterocycles. The number of amides is 1. The summed E-state index contributed by atoms with van der Waals surface area (Å²) in [6.45, 7) is 9.77. The molecule has 0 saturated carbocycles. The minimum atomic E-state index is 0.